The standard InChI is InChI=1S/C51H82O20/c1-20-10-15-51(62-19-20)21(2)32-30(71-51)17-29-27-9-8-25-16-26(11-13-49(25,6)28(27)12-14-50(29,32)7)66-48-44(70-47-41(61)38(58)35(55)31(18-52)67-47)43(69-46-40(60)37(57)34(54)23(4)64-46)42(24(5)65-48)68-45-39(59)36(56)33(53)22(3)63-45/h8,20-24,26-48,52-61H,9-19H2,1-7H3/t20?,21?,22?,23?,24?,26?,27?,28?,29?,30?,31?,32?,33?,34?,35?,36?,37?,38?,39?,40?,41?,42?,43?,44?,45?,46?,47?,48?,49-,50-,51+/m0/s1. The number of hydrogen-bond donors (Lipinski definition) is 10. The van der Waals surface area contributed by atoms with Crippen molar-refractivity contribution in [2.45, 2.75) is 247 Å². The van der Waals surface area contributed by atoms with E-state index in [2.05, 4.69) is 33.8 Å². The van der Waals surface area contributed by atoms with Gasteiger partial charge in [-0.2, -0.15) is 0 Å². The van der Waals surface area contributed by atoms with Gasteiger partial charge in [0.1, 0.15) is 79.4 Å². The third kappa shape index (κ3) is 9.03. The fraction of sp³-hybridized carbons (Fsp3) is 0.961. The van der Waals surface area contributed by atoms with Crippen molar-refractivity contribution in [3.63, 3.8) is 0 Å². The summed E-state index contributed by atoms with van der Waals surface area (Å²) in [7, 11) is 0. The molecule has 9 fully saturated rings. The zero-order valence-corrected chi connectivity index (χ0v) is 42.1. The first-order valence-corrected chi connectivity index (χ1v) is 26.6. The fourth-order valence-electron chi connectivity index (χ4n) is 15.4. The molecule has 1 spiro atoms. The van der Waals surface area contributed by atoms with Crippen LogP contribution in [-0.2, 0) is 47.4 Å². The smallest absolute Gasteiger partial charge is 0.187 e. The minimum Gasteiger partial charge on any atom is -0.394 e. The van der Waals surface area contributed by atoms with Crippen LogP contribution in [0.2, 0.25) is 0 Å². The molecule has 4 aliphatic carbocycles. The summed E-state index contributed by atoms with van der Waals surface area (Å²) in [4.78, 5) is 0. The molecule has 10 rings (SSSR count). The normalized spacial score (nSPS) is 58.4. The van der Waals surface area contributed by atoms with Crippen LogP contribution < -0.4 is 0 Å². The first kappa shape index (κ1) is 53.3. The average molecular weight is 1020 g/mol. The van der Waals surface area contributed by atoms with Crippen molar-refractivity contribution < 1.29 is 98.4 Å². The molecule has 6 heterocycles. The molecule has 0 aromatic heterocycles. The van der Waals surface area contributed by atoms with Gasteiger partial charge in [-0.05, 0) is 113 Å². The number of aliphatic hydroxyl groups is 10. The topological polar surface area (TPSA) is 295 Å². The summed E-state index contributed by atoms with van der Waals surface area (Å²) in [6.07, 6.45) is -19.9. The van der Waals surface area contributed by atoms with Crippen LogP contribution in [0.5, 0.6) is 0 Å². The molecule has 406 valence electrons. The van der Waals surface area contributed by atoms with E-state index in [1.807, 2.05) is 0 Å². The molecule has 0 radical (unpaired) electrons. The highest BCUT2D eigenvalue weighted by Crippen LogP contribution is 2.71. The van der Waals surface area contributed by atoms with E-state index in [9.17, 15) is 51.1 Å². The molecule has 31 atom stereocenters. The van der Waals surface area contributed by atoms with Gasteiger partial charge in [0.15, 0.2) is 30.9 Å². The van der Waals surface area contributed by atoms with Gasteiger partial charge in [-0.1, -0.05) is 39.3 Å². The van der Waals surface area contributed by atoms with Gasteiger partial charge >= 0.3 is 0 Å². The number of fused-ring (bicyclic) bond motifs is 7. The third-order valence-electron chi connectivity index (χ3n) is 19.7. The third-order valence-corrected chi connectivity index (χ3v) is 19.7. The Kier molecular flexibility index (Phi) is 15.1. The first-order chi connectivity index (χ1) is 33.6. The molecule has 0 aromatic carbocycles. The van der Waals surface area contributed by atoms with Gasteiger partial charge in [0.25, 0.3) is 0 Å². The Morgan fingerprint density at radius 1 is 0.592 bits per heavy atom. The Bertz CT molecular complexity index is 1890. The van der Waals surface area contributed by atoms with E-state index in [4.69, 9.17) is 47.4 Å². The molecular formula is C51H82O20. The van der Waals surface area contributed by atoms with Crippen LogP contribution in [0.1, 0.15) is 106 Å². The molecular weight excluding hydrogens is 933 g/mol. The molecule has 20 nitrogen and oxygen atoms in total. The molecule has 0 aromatic rings. The van der Waals surface area contributed by atoms with Crippen LogP contribution in [0, 0.1) is 46.3 Å². The van der Waals surface area contributed by atoms with Crippen LogP contribution in [0.3, 0.4) is 0 Å². The molecule has 0 amide bonds. The SMILES string of the molecule is CC1CC[C@@]2(OC1)OC1CC3C4CC=C5CC(OC6OC(C)C(OC7OC(C)C(O)C(O)C7O)C(OC7OC(C)C(O)C(O)C7O)C6OC6OC(CO)C(O)C(O)C6O)CC[C@]5(C)C4CC[C@]3(C)C1C2C. The van der Waals surface area contributed by atoms with Crippen molar-refractivity contribution in [1.29, 1.82) is 0 Å². The Hall–Kier alpha value is -1.06. The summed E-state index contributed by atoms with van der Waals surface area (Å²) < 4.78 is 64.1. The molecule has 20 heteroatoms. The molecule has 10 aliphatic rings. The highest BCUT2D eigenvalue weighted by Gasteiger charge is 2.69. The van der Waals surface area contributed by atoms with Gasteiger partial charge in [0.2, 0.25) is 0 Å². The second-order valence-corrected chi connectivity index (χ2v) is 23.8. The van der Waals surface area contributed by atoms with E-state index >= 15 is 0 Å². The summed E-state index contributed by atoms with van der Waals surface area (Å²) in [5, 5.41) is 108. The maximum atomic E-state index is 11.3. The van der Waals surface area contributed by atoms with Gasteiger partial charge in [0, 0.05) is 12.3 Å². The van der Waals surface area contributed by atoms with Crippen LogP contribution in [0.15, 0.2) is 11.6 Å². The van der Waals surface area contributed by atoms with E-state index in [0.29, 0.717) is 48.3 Å². The second kappa shape index (κ2) is 20.1. The molecule has 0 bridgehead atoms. The van der Waals surface area contributed by atoms with Crippen LogP contribution >= 0.6 is 0 Å². The van der Waals surface area contributed by atoms with E-state index in [1.165, 1.54) is 19.4 Å². The molecule has 71 heavy (non-hydrogen) atoms. The van der Waals surface area contributed by atoms with Gasteiger partial charge < -0.3 is 98.4 Å². The lowest BCUT2D eigenvalue weighted by atomic mass is 9.47. The van der Waals surface area contributed by atoms with Crippen molar-refractivity contribution in [1.82, 2.24) is 0 Å². The summed E-state index contributed by atoms with van der Waals surface area (Å²) in [5.41, 5.74) is 1.39. The number of ether oxygens (including phenoxy) is 10. The van der Waals surface area contributed by atoms with E-state index in [1.54, 1.807) is 6.92 Å². The van der Waals surface area contributed by atoms with E-state index in [0.717, 1.165) is 51.6 Å². The quantitative estimate of drug-likeness (QED) is 0.137. The minimum absolute atomic E-state index is 0.0810. The fourth-order valence-corrected chi connectivity index (χ4v) is 15.4. The Morgan fingerprint density at radius 2 is 1.18 bits per heavy atom. The van der Waals surface area contributed by atoms with Crippen LogP contribution in [-0.4, -0.2) is 205 Å². The van der Waals surface area contributed by atoms with Crippen molar-refractivity contribution in [3.05, 3.63) is 11.6 Å². The van der Waals surface area contributed by atoms with Gasteiger partial charge in [0.05, 0.1) is 43.7 Å². The summed E-state index contributed by atoms with van der Waals surface area (Å²) >= 11 is 0. The lowest BCUT2D eigenvalue weighted by Gasteiger charge is -2.59. The lowest BCUT2D eigenvalue weighted by Crippen LogP contribution is -2.68. The Labute approximate surface area is 415 Å². The zero-order chi connectivity index (χ0) is 50.8. The summed E-state index contributed by atoms with van der Waals surface area (Å²) in [6.45, 7) is 14.2. The molecule has 10 N–H and O–H groups in total. The Morgan fingerprint density at radius 3 is 1.80 bits per heavy atom. The predicted octanol–water partition coefficient (Wildman–Crippen LogP) is 0.0935. The van der Waals surface area contributed by atoms with Gasteiger partial charge in [-0.15, -0.1) is 0 Å². The second-order valence-electron chi connectivity index (χ2n) is 23.8. The number of aliphatic hydroxyl groups excluding tert-OH is 10. The molecule has 6 aliphatic heterocycles. The van der Waals surface area contributed by atoms with Crippen LogP contribution in [0.4, 0.5) is 0 Å². The van der Waals surface area contributed by atoms with Crippen molar-refractivity contribution in [2.24, 2.45) is 46.3 Å². The maximum Gasteiger partial charge on any atom is 0.187 e. The van der Waals surface area contributed by atoms with Crippen LogP contribution in [0.25, 0.3) is 0 Å². The monoisotopic (exact) mass is 1010 g/mol. The first-order valence-electron chi connectivity index (χ1n) is 26.6. The predicted molar refractivity (Wildman–Crippen MR) is 244 cm³/mol. The lowest BCUT2D eigenvalue weighted by molar-refractivity contribution is -0.407. The van der Waals surface area contributed by atoms with Crippen molar-refractivity contribution >= 4 is 0 Å². The highest BCUT2D eigenvalue weighted by atomic mass is 16.8. The molecule has 28 unspecified atom stereocenters. The van der Waals surface area contributed by atoms with E-state index in [-0.39, 0.29) is 16.9 Å². The van der Waals surface area contributed by atoms with Crippen molar-refractivity contribution in [3.8, 4) is 0 Å². The highest BCUT2D eigenvalue weighted by molar-refractivity contribution is 5.26. The Balaban J connectivity index is 0.921. The summed E-state index contributed by atoms with van der Waals surface area (Å²) in [5.74, 6) is 2.37. The molecule has 3 saturated carbocycles. The average Bonchev–Trinajstić information content (AvgIpc) is 3.79. The van der Waals surface area contributed by atoms with Crippen molar-refractivity contribution in [2.75, 3.05) is 13.2 Å². The van der Waals surface area contributed by atoms with Gasteiger partial charge in [-0.3, -0.25) is 0 Å². The van der Waals surface area contributed by atoms with Gasteiger partial charge in [-0.25, -0.2) is 0 Å². The largest absolute Gasteiger partial charge is 0.394 e. The minimum atomic E-state index is -1.88. The number of rotatable bonds is 9. The number of allylic oxidation sites excluding steroid dienone is 1. The summed E-state index contributed by atoms with van der Waals surface area (Å²) in [6, 6.07) is 0. The maximum absolute atomic E-state index is 11.3. The molecule has 6 saturated heterocycles. The van der Waals surface area contributed by atoms with E-state index < -0.39 is 141 Å². The zero-order valence-electron chi connectivity index (χ0n) is 42.1. The number of hydrogen-bond acceptors (Lipinski definition) is 20.